The Morgan fingerprint density at radius 3 is 2.45 bits per heavy atom. The number of anilines is 4. The first-order valence-corrected chi connectivity index (χ1v) is 12.8. The van der Waals surface area contributed by atoms with E-state index in [1.807, 2.05) is 24.3 Å². The van der Waals surface area contributed by atoms with Gasteiger partial charge in [-0.1, -0.05) is 12.1 Å². The van der Waals surface area contributed by atoms with Gasteiger partial charge in [-0.25, -0.2) is 4.98 Å². The number of carboxylic acids is 1. The molecule has 0 spiro atoms. The Morgan fingerprint density at radius 2 is 1.82 bits per heavy atom. The monoisotopic (exact) mass is 556 g/mol. The lowest BCUT2D eigenvalue weighted by molar-refractivity contribution is -0.141. The van der Waals surface area contributed by atoms with Crippen LogP contribution < -0.4 is 20.7 Å². The first-order chi connectivity index (χ1) is 19.1. The van der Waals surface area contributed by atoms with E-state index in [-0.39, 0.29) is 54.4 Å². The molecule has 13 heteroatoms. The molecular formula is C27H27F3N6O4. The van der Waals surface area contributed by atoms with Gasteiger partial charge in [-0.05, 0) is 67.3 Å². The van der Waals surface area contributed by atoms with Crippen LogP contribution in [0.2, 0.25) is 0 Å². The molecule has 1 amide bonds. The van der Waals surface area contributed by atoms with Crippen molar-refractivity contribution in [3.63, 3.8) is 0 Å². The van der Waals surface area contributed by atoms with Crippen molar-refractivity contribution in [3.05, 3.63) is 59.4 Å². The Labute approximate surface area is 227 Å². The number of amides is 1. The van der Waals surface area contributed by atoms with E-state index in [1.54, 1.807) is 0 Å². The number of hydrogen-bond donors (Lipinski definition) is 3. The third kappa shape index (κ3) is 5.92. The first-order valence-electron chi connectivity index (χ1n) is 12.8. The maximum atomic E-state index is 13.5. The Bertz CT molecular complexity index is 1390. The quantitative estimate of drug-likeness (QED) is 0.382. The fraction of sp³-hybridized carbons (Fsp3) is 0.370. The number of nitrogen functional groups attached to an aromatic ring is 1. The molecule has 0 radical (unpaired) electrons. The molecule has 3 aromatic rings. The average molecular weight is 557 g/mol. The summed E-state index contributed by atoms with van der Waals surface area (Å²) >= 11 is 0. The number of rotatable bonds is 6. The van der Waals surface area contributed by atoms with Gasteiger partial charge >= 0.3 is 12.1 Å². The zero-order valence-corrected chi connectivity index (χ0v) is 21.3. The second-order valence-corrected chi connectivity index (χ2v) is 9.88. The van der Waals surface area contributed by atoms with Crippen molar-refractivity contribution in [2.24, 2.45) is 5.92 Å². The Kier molecular flexibility index (Phi) is 7.46. The third-order valence-corrected chi connectivity index (χ3v) is 7.21. The lowest BCUT2D eigenvalue weighted by atomic mass is 9.77. The van der Waals surface area contributed by atoms with Gasteiger partial charge in [0.15, 0.2) is 0 Å². The number of aliphatic carboxylic acids is 1. The summed E-state index contributed by atoms with van der Waals surface area (Å²) in [5, 5.41) is 11.8. The predicted octanol–water partition coefficient (Wildman–Crippen LogP) is 5.00. The van der Waals surface area contributed by atoms with Crippen molar-refractivity contribution in [2.45, 2.75) is 44.2 Å². The number of aromatic nitrogens is 3. The summed E-state index contributed by atoms with van der Waals surface area (Å²) in [6.07, 6.45) is 0.247. The highest BCUT2D eigenvalue weighted by molar-refractivity contribution is 6.10. The number of pyridine rings is 1. The van der Waals surface area contributed by atoms with Gasteiger partial charge in [0.05, 0.1) is 18.4 Å². The second kappa shape index (κ2) is 11.0. The van der Waals surface area contributed by atoms with E-state index >= 15 is 0 Å². The number of carboxylic acid groups (broad SMARTS) is 1. The summed E-state index contributed by atoms with van der Waals surface area (Å²) in [4.78, 5) is 37.7. The third-order valence-electron chi connectivity index (χ3n) is 7.21. The molecule has 10 nitrogen and oxygen atoms in total. The van der Waals surface area contributed by atoms with Gasteiger partial charge < -0.3 is 25.8 Å². The fourth-order valence-electron chi connectivity index (χ4n) is 5.17. The molecule has 210 valence electrons. The van der Waals surface area contributed by atoms with Gasteiger partial charge in [-0.2, -0.15) is 23.1 Å². The summed E-state index contributed by atoms with van der Waals surface area (Å²) in [7, 11) is 0. The minimum atomic E-state index is -4.56. The zero-order valence-electron chi connectivity index (χ0n) is 21.3. The number of ether oxygens (including phenoxy) is 1. The summed E-state index contributed by atoms with van der Waals surface area (Å²) in [5.41, 5.74) is 7.08. The molecule has 4 N–H and O–H groups in total. The smallest absolute Gasteiger partial charge is 0.433 e. The lowest BCUT2D eigenvalue weighted by Gasteiger charge is -2.28. The number of hydrogen-bond acceptors (Lipinski definition) is 8. The van der Waals surface area contributed by atoms with Crippen LogP contribution in [0.25, 0.3) is 0 Å². The van der Waals surface area contributed by atoms with E-state index in [4.69, 9.17) is 15.6 Å². The average Bonchev–Trinajstić information content (AvgIpc) is 3.07. The van der Waals surface area contributed by atoms with Crippen molar-refractivity contribution < 1.29 is 32.6 Å². The fourth-order valence-corrected chi connectivity index (χ4v) is 5.17. The van der Waals surface area contributed by atoms with Crippen LogP contribution in [0.3, 0.4) is 0 Å². The minimum absolute atomic E-state index is 0.00516. The topological polar surface area (TPSA) is 144 Å². The molecular weight excluding hydrogens is 529 g/mol. The number of carbonyl (C=O) groups is 2. The summed E-state index contributed by atoms with van der Waals surface area (Å²) < 4.78 is 44.0. The van der Waals surface area contributed by atoms with Crippen LogP contribution in [0.5, 0.6) is 5.88 Å². The number of alkyl halides is 3. The van der Waals surface area contributed by atoms with Crippen molar-refractivity contribution in [3.8, 4) is 5.88 Å². The zero-order chi connectivity index (χ0) is 28.4. The maximum absolute atomic E-state index is 13.5. The van der Waals surface area contributed by atoms with E-state index in [0.29, 0.717) is 11.6 Å². The van der Waals surface area contributed by atoms with Crippen LogP contribution >= 0.6 is 0 Å². The highest BCUT2D eigenvalue weighted by Crippen LogP contribution is 2.38. The van der Waals surface area contributed by atoms with Crippen molar-refractivity contribution in [1.82, 2.24) is 15.0 Å². The molecule has 3 heterocycles. The molecule has 0 unspecified atom stereocenters. The molecule has 1 aromatic carbocycles. The predicted molar refractivity (Wildman–Crippen MR) is 140 cm³/mol. The van der Waals surface area contributed by atoms with E-state index in [1.165, 1.54) is 11.0 Å². The van der Waals surface area contributed by atoms with Crippen molar-refractivity contribution in [2.75, 3.05) is 29.1 Å². The van der Waals surface area contributed by atoms with Gasteiger partial charge in [-0.3, -0.25) is 9.59 Å². The Balaban J connectivity index is 1.29. The van der Waals surface area contributed by atoms with Crippen LogP contribution in [-0.2, 0) is 11.0 Å². The number of halogens is 3. The molecule has 1 aliphatic heterocycles. The van der Waals surface area contributed by atoms with Crippen LogP contribution in [-0.4, -0.2) is 45.1 Å². The highest BCUT2D eigenvalue weighted by Gasteiger charge is 2.33. The van der Waals surface area contributed by atoms with Crippen LogP contribution in [0.15, 0.2) is 42.6 Å². The summed E-state index contributed by atoms with van der Waals surface area (Å²) in [6.45, 7) is 0.367. The minimum Gasteiger partial charge on any atom is -0.481 e. The number of nitrogens with one attached hydrogen (secondary N) is 1. The van der Waals surface area contributed by atoms with Crippen LogP contribution in [0.4, 0.5) is 36.3 Å². The second-order valence-electron chi connectivity index (χ2n) is 9.88. The molecule has 2 aromatic heterocycles. The van der Waals surface area contributed by atoms with Crippen LogP contribution in [0.1, 0.15) is 59.6 Å². The van der Waals surface area contributed by atoms with Crippen molar-refractivity contribution in [1.29, 1.82) is 0 Å². The highest BCUT2D eigenvalue weighted by atomic mass is 19.4. The molecule has 1 aliphatic carbocycles. The van der Waals surface area contributed by atoms with Gasteiger partial charge in [0.25, 0.3) is 5.91 Å². The molecule has 0 saturated heterocycles. The van der Waals surface area contributed by atoms with Gasteiger partial charge in [-0.15, -0.1) is 0 Å². The van der Waals surface area contributed by atoms with Gasteiger partial charge in [0, 0.05) is 12.1 Å². The number of nitrogens with two attached hydrogens (primary N) is 1. The molecule has 0 bridgehead atoms. The Hall–Kier alpha value is -4.42. The first kappa shape index (κ1) is 27.2. The number of carbonyl (C=O) groups excluding carboxylic acids is 1. The molecule has 0 atom stereocenters. The standard InChI is InChI=1S/C27H27F3N6O4/c28-27(29,30)20-10-7-18(14-32-20)33-26-34-23(31)22-24(35-26)40-12-11-36(25(22)39)19-8-5-17(6-9-19)16-3-1-15(2-4-16)13-21(37)38/h5-10,14-16H,1-4,11-13H2,(H,37,38)(H3,31,33,34,35). The molecule has 5 rings (SSSR count). The van der Waals surface area contributed by atoms with E-state index < -0.39 is 23.7 Å². The molecule has 40 heavy (non-hydrogen) atoms. The Morgan fingerprint density at radius 1 is 1.10 bits per heavy atom. The van der Waals surface area contributed by atoms with Crippen LogP contribution in [0, 0.1) is 5.92 Å². The van der Waals surface area contributed by atoms with Gasteiger partial charge in [0.2, 0.25) is 11.8 Å². The number of benzene rings is 1. The number of nitrogens with zero attached hydrogens (tertiary/aromatic N) is 4. The maximum Gasteiger partial charge on any atom is 0.433 e. The molecule has 1 saturated carbocycles. The lowest BCUT2D eigenvalue weighted by Crippen LogP contribution is -2.32. The SMILES string of the molecule is Nc1nc(Nc2ccc(C(F)(F)F)nc2)nc2c1C(=O)N(c1ccc(C3CCC(CC(=O)O)CC3)cc1)CCO2. The van der Waals surface area contributed by atoms with E-state index in [9.17, 15) is 22.8 Å². The number of fused-ring (bicyclic) bond motifs is 1. The molecule has 1 fully saturated rings. The van der Waals surface area contributed by atoms with Crippen molar-refractivity contribution >= 4 is 35.0 Å². The summed E-state index contributed by atoms with van der Waals surface area (Å²) in [6, 6.07) is 9.71. The van der Waals surface area contributed by atoms with Gasteiger partial charge in [0.1, 0.15) is 23.7 Å². The normalized spacial score (nSPS) is 19.4. The summed E-state index contributed by atoms with van der Waals surface area (Å²) in [5.74, 6) is -0.849. The van der Waals surface area contributed by atoms with E-state index in [0.717, 1.165) is 43.5 Å². The molecule has 2 aliphatic rings. The van der Waals surface area contributed by atoms with E-state index in [2.05, 4.69) is 20.3 Å². The largest absolute Gasteiger partial charge is 0.481 e.